The van der Waals surface area contributed by atoms with E-state index in [2.05, 4.69) is 10.6 Å². The van der Waals surface area contributed by atoms with E-state index in [1.165, 1.54) is 0 Å². The Bertz CT molecular complexity index is 1020. The van der Waals surface area contributed by atoms with Crippen molar-refractivity contribution in [2.24, 2.45) is 0 Å². The largest absolute Gasteiger partial charge is 0.352 e. The summed E-state index contributed by atoms with van der Waals surface area (Å²) in [6.45, 7) is 6.12. The van der Waals surface area contributed by atoms with Crippen LogP contribution in [0.4, 0.5) is 11.4 Å². The highest BCUT2D eigenvalue weighted by Crippen LogP contribution is 2.29. The number of sulfonamides is 1. The predicted molar refractivity (Wildman–Crippen MR) is 125 cm³/mol. The lowest BCUT2D eigenvalue weighted by molar-refractivity contribution is -0.114. The second-order valence-electron chi connectivity index (χ2n) is 7.69. The number of para-hydroxylation sites is 2. The van der Waals surface area contributed by atoms with Crippen LogP contribution in [0.1, 0.15) is 55.5 Å². The molecule has 8 heteroatoms. The third-order valence-corrected chi connectivity index (χ3v) is 5.90. The fraction of sp³-hybridized carbons (Fsp3) is 0.391. The number of amides is 2. The quantitative estimate of drug-likeness (QED) is 0.545. The van der Waals surface area contributed by atoms with Crippen LogP contribution < -0.4 is 14.9 Å². The molecular weight excluding hydrogens is 414 g/mol. The average molecular weight is 446 g/mol. The minimum Gasteiger partial charge on any atom is -0.352 e. The van der Waals surface area contributed by atoms with Crippen molar-refractivity contribution in [3.05, 3.63) is 59.7 Å². The maximum Gasteiger partial charge on any atom is 0.253 e. The lowest BCUT2D eigenvalue weighted by Gasteiger charge is -2.25. The molecule has 2 aromatic carbocycles. The first-order valence-corrected chi connectivity index (χ1v) is 12.2. The molecule has 0 aromatic heterocycles. The molecule has 2 N–H and O–H groups in total. The van der Waals surface area contributed by atoms with Crippen LogP contribution in [0, 0.1) is 0 Å². The zero-order valence-electron chi connectivity index (χ0n) is 18.5. The Morgan fingerprint density at radius 2 is 1.68 bits per heavy atom. The topological polar surface area (TPSA) is 95.6 Å². The molecular formula is C23H31N3O4S. The molecule has 0 aliphatic carbocycles. The van der Waals surface area contributed by atoms with Crippen molar-refractivity contribution in [3.63, 3.8) is 0 Å². The molecule has 2 aromatic rings. The van der Waals surface area contributed by atoms with Gasteiger partial charge in [0.1, 0.15) is 6.54 Å². The number of anilines is 2. The minimum atomic E-state index is -3.71. The summed E-state index contributed by atoms with van der Waals surface area (Å²) in [6, 6.07) is 13.8. The number of hydrogen-bond donors (Lipinski definition) is 2. The maximum absolute atomic E-state index is 12.8. The average Bonchev–Trinajstić information content (AvgIpc) is 2.71. The van der Waals surface area contributed by atoms with E-state index >= 15 is 0 Å². The summed E-state index contributed by atoms with van der Waals surface area (Å²) in [5.41, 5.74) is 1.98. The Hall–Kier alpha value is -2.87. The molecule has 0 aliphatic rings. The van der Waals surface area contributed by atoms with Crippen molar-refractivity contribution in [2.45, 2.75) is 39.5 Å². The van der Waals surface area contributed by atoms with Crippen molar-refractivity contribution >= 4 is 33.2 Å². The van der Waals surface area contributed by atoms with Gasteiger partial charge in [0, 0.05) is 6.54 Å². The monoisotopic (exact) mass is 445 g/mol. The van der Waals surface area contributed by atoms with Gasteiger partial charge in [0.05, 0.1) is 23.2 Å². The van der Waals surface area contributed by atoms with Gasteiger partial charge in [-0.3, -0.25) is 13.9 Å². The molecule has 2 amide bonds. The van der Waals surface area contributed by atoms with Gasteiger partial charge in [-0.05, 0) is 36.1 Å². The molecule has 7 nitrogen and oxygen atoms in total. The second kappa shape index (κ2) is 10.9. The Morgan fingerprint density at radius 3 is 2.32 bits per heavy atom. The molecule has 0 unspecified atom stereocenters. The fourth-order valence-electron chi connectivity index (χ4n) is 3.17. The van der Waals surface area contributed by atoms with Crippen molar-refractivity contribution < 1.29 is 18.0 Å². The van der Waals surface area contributed by atoms with Crippen LogP contribution in [0.25, 0.3) is 0 Å². The van der Waals surface area contributed by atoms with Crippen LogP contribution in [-0.2, 0) is 14.8 Å². The van der Waals surface area contributed by atoms with Crippen LogP contribution in [0.5, 0.6) is 0 Å². The molecule has 0 radical (unpaired) electrons. The van der Waals surface area contributed by atoms with E-state index in [1.807, 2.05) is 32.9 Å². The number of unbranched alkanes of at least 4 members (excludes halogenated alkanes) is 1. The molecule has 0 saturated heterocycles. The van der Waals surface area contributed by atoms with Crippen LogP contribution >= 0.6 is 0 Å². The van der Waals surface area contributed by atoms with Crippen molar-refractivity contribution in [2.75, 3.05) is 29.0 Å². The molecule has 0 spiro atoms. The van der Waals surface area contributed by atoms with Crippen molar-refractivity contribution in [3.8, 4) is 0 Å². The Balaban J connectivity index is 2.25. The highest BCUT2D eigenvalue weighted by Gasteiger charge is 2.24. The van der Waals surface area contributed by atoms with E-state index in [4.69, 9.17) is 0 Å². The third kappa shape index (κ3) is 6.82. The molecule has 0 atom stereocenters. The molecule has 0 saturated carbocycles. The van der Waals surface area contributed by atoms with Gasteiger partial charge in [0.2, 0.25) is 15.9 Å². The first kappa shape index (κ1) is 24.4. The normalized spacial score (nSPS) is 11.3. The Kier molecular flexibility index (Phi) is 8.62. The Morgan fingerprint density at radius 1 is 1.03 bits per heavy atom. The zero-order chi connectivity index (χ0) is 23.0. The van der Waals surface area contributed by atoms with E-state index in [9.17, 15) is 18.0 Å². The van der Waals surface area contributed by atoms with E-state index in [0.717, 1.165) is 29.0 Å². The van der Waals surface area contributed by atoms with Crippen LogP contribution in [0.2, 0.25) is 0 Å². The number of rotatable bonds is 10. The zero-order valence-corrected chi connectivity index (χ0v) is 19.3. The summed E-state index contributed by atoms with van der Waals surface area (Å²) in [5.74, 6) is -0.733. The molecule has 0 aliphatic heterocycles. The van der Waals surface area contributed by atoms with E-state index < -0.39 is 22.5 Å². The summed E-state index contributed by atoms with van der Waals surface area (Å²) in [6.07, 6.45) is 2.89. The third-order valence-electron chi connectivity index (χ3n) is 4.78. The number of carbonyl (C=O) groups is 2. The number of hydrogen-bond acceptors (Lipinski definition) is 4. The van der Waals surface area contributed by atoms with Crippen LogP contribution in [0.15, 0.2) is 48.5 Å². The molecule has 0 bridgehead atoms. The van der Waals surface area contributed by atoms with Gasteiger partial charge in [-0.2, -0.15) is 0 Å². The molecule has 2 rings (SSSR count). The standard InChI is InChI=1S/C23H31N3O4S/c1-5-6-15-24-23(28)19-12-7-9-13-20(19)25-22(27)16-26(31(4,29)30)21-14-10-8-11-18(21)17(2)3/h7-14,17H,5-6,15-16H2,1-4H3,(H,24,28)(H,25,27). The maximum atomic E-state index is 12.8. The van der Waals surface area contributed by atoms with Crippen LogP contribution in [0.3, 0.4) is 0 Å². The van der Waals surface area contributed by atoms with Gasteiger partial charge >= 0.3 is 0 Å². The van der Waals surface area contributed by atoms with Gasteiger partial charge in [-0.25, -0.2) is 8.42 Å². The van der Waals surface area contributed by atoms with Gasteiger partial charge in [0.25, 0.3) is 5.91 Å². The highest BCUT2D eigenvalue weighted by molar-refractivity contribution is 7.92. The number of benzene rings is 2. The van der Waals surface area contributed by atoms with Crippen LogP contribution in [-0.4, -0.2) is 39.6 Å². The van der Waals surface area contributed by atoms with Crippen molar-refractivity contribution in [1.29, 1.82) is 0 Å². The van der Waals surface area contributed by atoms with Gasteiger partial charge in [-0.1, -0.05) is 57.5 Å². The molecule has 168 valence electrons. The summed E-state index contributed by atoms with van der Waals surface area (Å²) in [5, 5.41) is 5.52. The minimum absolute atomic E-state index is 0.0797. The smallest absolute Gasteiger partial charge is 0.253 e. The van der Waals surface area contributed by atoms with E-state index in [0.29, 0.717) is 23.5 Å². The first-order chi connectivity index (χ1) is 14.6. The molecule has 0 heterocycles. The van der Waals surface area contributed by atoms with Gasteiger partial charge in [0.15, 0.2) is 0 Å². The van der Waals surface area contributed by atoms with Gasteiger partial charge < -0.3 is 10.6 Å². The molecule has 0 fully saturated rings. The van der Waals surface area contributed by atoms with Crippen molar-refractivity contribution in [1.82, 2.24) is 5.32 Å². The fourth-order valence-corrected chi connectivity index (χ4v) is 4.04. The van der Waals surface area contributed by atoms with Gasteiger partial charge in [-0.15, -0.1) is 0 Å². The number of carbonyl (C=O) groups excluding carboxylic acids is 2. The summed E-state index contributed by atoms with van der Waals surface area (Å²) in [7, 11) is -3.71. The Labute approximate surface area is 184 Å². The highest BCUT2D eigenvalue weighted by atomic mass is 32.2. The second-order valence-corrected chi connectivity index (χ2v) is 9.59. The predicted octanol–water partition coefficient (Wildman–Crippen LogP) is 3.74. The SMILES string of the molecule is CCCCNC(=O)c1ccccc1NC(=O)CN(c1ccccc1C(C)C)S(C)(=O)=O. The first-order valence-electron chi connectivity index (χ1n) is 10.4. The molecule has 31 heavy (non-hydrogen) atoms. The summed E-state index contributed by atoms with van der Waals surface area (Å²) >= 11 is 0. The lowest BCUT2D eigenvalue weighted by atomic mass is 10.0. The number of nitrogens with zero attached hydrogens (tertiary/aromatic N) is 1. The summed E-state index contributed by atoms with van der Waals surface area (Å²) in [4.78, 5) is 25.3. The summed E-state index contributed by atoms with van der Waals surface area (Å²) < 4.78 is 26.1. The van der Waals surface area contributed by atoms with E-state index in [-0.39, 0.29) is 11.8 Å². The van der Waals surface area contributed by atoms with E-state index in [1.54, 1.807) is 36.4 Å². The lowest BCUT2D eigenvalue weighted by Crippen LogP contribution is -2.38. The number of nitrogens with one attached hydrogen (secondary N) is 2.